The van der Waals surface area contributed by atoms with Crippen molar-refractivity contribution in [3.05, 3.63) is 29.3 Å². The van der Waals surface area contributed by atoms with Crippen molar-refractivity contribution in [3.8, 4) is 0 Å². The molecule has 0 bridgehead atoms. The molecule has 5 heterocycles. The van der Waals surface area contributed by atoms with Gasteiger partial charge in [-0.1, -0.05) is 0 Å². The van der Waals surface area contributed by atoms with Gasteiger partial charge in [0.25, 0.3) is 0 Å². The molecule has 7 nitrogen and oxygen atoms in total. The van der Waals surface area contributed by atoms with Gasteiger partial charge in [0, 0.05) is 31.2 Å². The standard InChI is InChI=1S/C20H25FN4O3/c21-19-16-7-13(14-10-28-11-14)8-23-20(16)25-5-4-24(9-17(19)25)18(26)2-6-27-12-15-1-3-22-15/h7-8,14-15,22H,1-6,9-12H2. The van der Waals surface area contributed by atoms with Crippen LogP contribution in [0.15, 0.2) is 12.3 Å². The quantitative estimate of drug-likeness (QED) is 0.758. The second-order valence-corrected chi connectivity index (χ2v) is 7.87. The van der Waals surface area contributed by atoms with Crippen LogP contribution in [0.1, 0.15) is 30.0 Å². The summed E-state index contributed by atoms with van der Waals surface area (Å²) in [5, 5.41) is 3.81. The predicted octanol–water partition coefficient (Wildman–Crippen LogP) is 1.40. The van der Waals surface area contributed by atoms with E-state index < -0.39 is 0 Å². The number of rotatable bonds is 6. The molecule has 0 aliphatic carbocycles. The lowest BCUT2D eigenvalue weighted by Crippen LogP contribution is -2.46. The number of nitrogens with zero attached hydrogens (tertiary/aromatic N) is 3. The van der Waals surface area contributed by atoms with E-state index >= 15 is 4.39 Å². The normalized spacial score (nSPS) is 22.0. The fourth-order valence-corrected chi connectivity index (χ4v) is 4.03. The minimum absolute atomic E-state index is 0.0118. The van der Waals surface area contributed by atoms with E-state index in [9.17, 15) is 4.79 Å². The summed E-state index contributed by atoms with van der Waals surface area (Å²) in [6.07, 6.45) is 3.29. The Kier molecular flexibility index (Phi) is 4.78. The van der Waals surface area contributed by atoms with Gasteiger partial charge in [-0.25, -0.2) is 9.37 Å². The summed E-state index contributed by atoms with van der Waals surface area (Å²) in [4.78, 5) is 18.8. The van der Waals surface area contributed by atoms with Crippen molar-refractivity contribution in [1.29, 1.82) is 0 Å². The van der Waals surface area contributed by atoms with E-state index in [-0.39, 0.29) is 18.3 Å². The van der Waals surface area contributed by atoms with Crippen LogP contribution in [0.25, 0.3) is 11.0 Å². The van der Waals surface area contributed by atoms with E-state index in [0.29, 0.717) is 74.6 Å². The Hall–Kier alpha value is -2.03. The first kappa shape index (κ1) is 18.0. The molecule has 0 spiro atoms. The van der Waals surface area contributed by atoms with Crippen LogP contribution in [0.4, 0.5) is 4.39 Å². The van der Waals surface area contributed by atoms with Crippen molar-refractivity contribution < 1.29 is 18.7 Å². The van der Waals surface area contributed by atoms with Crippen molar-refractivity contribution in [2.75, 3.05) is 39.5 Å². The van der Waals surface area contributed by atoms with Gasteiger partial charge in [-0.2, -0.15) is 0 Å². The average molecular weight is 388 g/mol. The van der Waals surface area contributed by atoms with Gasteiger partial charge >= 0.3 is 0 Å². The fraction of sp³-hybridized carbons (Fsp3) is 0.600. The molecule has 28 heavy (non-hydrogen) atoms. The van der Waals surface area contributed by atoms with E-state index in [1.807, 2.05) is 16.8 Å². The average Bonchev–Trinajstić information content (AvgIpc) is 2.90. The third kappa shape index (κ3) is 3.19. The maximum Gasteiger partial charge on any atom is 0.225 e. The zero-order valence-corrected chi connectivity index (χ0v) is 15.8. The molecule has 1 atom stereocenters. The van der Waals surface area contributed by atoms with Crippen LogP contribution in [0.2, 0.25) is 0 Å². The molecule has 5 rings (SSSR count). The van der Waals surface area contributed by atoms with Gasteiger partial charge in [-0.05, 0) is 24.6 Å². The summed E-state index contributed by atoms with van der Waals surface area (Å²) < 4.78 is 27.8. The Balaban J connectivity index is 1.26. The van der Waals surface area contributed by atoms with Crippen molar-refractivity contribution in [1.82, 2.24) is 19.8 Å². The number of pyridine rings is 1. The Morgan fingerprint density at radius 1 is 1.39 bits per heavy atom. The number of fused-ring (bicyclic) bond motifs is 3. The summed E-state index contributed by atoms with van der Waals surface area (Å²) in [7, 11) is 0. The van der Waals surface area contributed by atoms with E-state index in [1.54, 1.807) is 4.90 Å². The van der Waals surface area contributed by atoms with E-state index in [4.69, 9.17) is 9.47 Å². The van der Waals surface area contributed by atoms with Gasteiger partial charge < -0.3 is 24.3 Å². The van der Waals surface area contributed by atoms with E-state index in [2.05, 4.69) is 10.3 Å². The number of carbonyl (C=O) groups excluding carboxylic acids is 1. The first-order valence-electron chi connectivity index (χ1n) is 10.0. The molecule has 2 aromatic heterocycles. The molecule has 150 valence electrons. The number of aromatic nitrogens is 2. The highest BCUT2D eigenvalue weighted by Crippen LogP contribution is 2.31. The van der Waals surface area contributed by atoms with Gasteiger partial charge in [-0.15, -0.1) is 0 Å². The zero-order valence-electron chi connectivity index (χ0n) is 15.8. The molecule has 3 aliphatic heterocycles. The second kappa shape index (κ2) is 7.42. The van der Waals surface area contributed by atoms with Crippen molar-refractivity contribution in [2.24, 2.45) is 0 Å². The Labute approximate surface area is 162 Å². The van der Waals surface area contributed by atoms with Crippen molar-refractivity contribution in [3.63, 3.8) is 0 Å². The van der Waals surface area contributed by atoms with Crippen LogP contribution in [0, 0.1) is 5.82 Å². The summed E-state index contributed by atoms with van der Waals surface area (Å²) in [5.74, 6) is 0.0635. The van der Waals surface area contributed by atoms with Crippen LogP contribution in [0.3, 0.4) is 0 Å². The number of ether oxygens (including phenoxy) is 2. The topological polar surface area (TPSA) is 68.6 Å². The molecular formula is C20H25FN4O3. The minimum Gasteiger partial charge on any atom is -0.380 e. The number of hydrogen-bond acceptors (Lipinski definition) is 5. The smallest absolute Gasteiger partial charge is 0.225 e. The highest BCUT2D eigenvalue weighted by atomic mass is 19.1. The van der Waals surface area contributed by atoms with Gasteiger partial charge in [0.15, 0.2) is 5.82 Å². The molecule has 1 unspecified atom stereocenters. The van der Waals surface area contributed by atoms with Gasteiger partial charge in [0.05, 0.1) is 50.5 Å². The highest BCUT2D eigenvalue weighted by Gasteiger charge is 2.29. The number of carbonyl (C=O) groups is 1. The minimum atomic E-state index is -0.255. The summed E-state index contributed by atoms with van der Waals surface area (Å²) in [5.41, 5.74) is 2.23. The first-order valence-corrected chi connectivity index (χ1v) is 10.0. The third-order valence-corrected chi connectivity index (χ3v) is 6.06. The lowest BCUT2D eigenvalue weighted by molar-refractivity contribution is -0.133. The van der Waals surface area contributed by atoms with Crippen molar-refractivity contribution >= 4 is 16.9 Å². The lowest BCUT2D eigenvalue weighted by Gasteiger charge is -2.29. The van der Waals surface area contributed by atoms with Crippen LogP contribution in [-0.4, -0.2) is 65.9 Å². The molecule has 2 fully saturated rings. The monoisotopic (exact) mass is 388 g/mol. The Morgan fingerprint density at radius 3 is 2.96 bits per heavy atom. The van der Waals surface area contributed by atoms with Crippen LogP contribution < -0.4 is 5.32 Å². The number of hydrogen-bond donors (Lipinski definition) is 1. The molecule has 1 amide bonds. The summed E-state index contributed by atoms with van der Waals surface area (Å²) in [6, 6.07) is 2.32. The van der Waals surface area contributed by atoms with E-state index in [0.717, 1.165) is 18.5 Å². The maximum absolute atomic E-state index is 15.1. The largest absolute Gasteiger partial charge is 0.380 e. The molecule has 2 saturated heterocycles. The van der Waals surface area contributed by atoms with E-state index in [1.165, 1.54) is 0 Å². The molecule has 3 aliphatic rings. The number of halogens is 1. The van der Waals surface area contributed by atoms with Gasteiger partial charge in [0.1, 0.15) is 5.65 Å². The Bertz CT molecular complexity index is 891. The molecular weight excluding hydrogens is 363 g/mol. The van der Waals surface area contributed by atoms with Crippen LogP contribution in [-0.2, 0) is 27.4 Å². The third-order valence-electron chi connectivity index (χ3n) is 6.06. The molecule has 1 N–H and O–H groups in total. The Morgan fingerprint density at radius 2 is 2.25 bits per heavy atom. The van der Waals surface area contributed by atoms with Gasteiger partial charge in [-0.3, -0.25) is 4.79 Å². The van der Waals surface area contributed by atoms with Gasteiger partial charge in [0.2, 0.25) is 5.91 Å². The molecule has 2 aromatic rings. The van der Waals surface area contributed by atoms with Crippen molar-refractivity contribution in [2.45, 2.75) is 37.9 Å². The lowest BCUT2D eigenvalue weighted by atomic mass is 9.99. The van der Waals surface area contributed by atoms with Crippen LogP contribution in [0.5, 0.6) is 0 Å². The summed E-state index contributed by atoms with van der Waals surface area (Å²) in [6.45, 7) is 4.86. The second-order valence-electron chi connectivity index (χ2n) is 7.87. The predicted molar refractivity (Wildman–Crippen MR) is 101 cm³/mol. The fourth-order valence-electron chi connectivity index (χ4n) is 4.03. The zero-order chi connectivity index (χ0) is 19.1. The molecule has 0 radical (unpaired) electrons. The number of amides is 1. The SMILES string of the molecule is O=C(CCOCC1CCN1)N1CCn2c(c(F)c3cc(C4COC4)cnc32)C1. The first-order chi connectivity index (χ1) is 13.7. The molecule has 0 saturated carbocycles. The highest BCUT2D eigenvalue weighted by molar-refractivity contribution is 5.81. The number of nitrogens with one attached hydrogen (secondary N) is 1. The molecule has 0 aromatic carbocycles. The molecule has 8 heteroatoms. The maximum atomic E-state index is 15.1. The summed E-state index contributed by atoms with van der Waals surface area (Å²) >= 11 is 0. The van der Waals surface area contributed by atoms with Crippen LogP contribution >= 0.6 is 0 Å².